The first-order valence-corrected chi connectivity index (χ1v) is 9.08. The van der Waals surface area contributed by atoms with Gasteiger partial charge in [-0.2, -0.15) is 0 Å². The second-order valence-corrected chi connectivity index (χ2v) is 7.49. The van der Waals surface area contributed by atoms with Gasteiger partial charge in [-0.05, 0) is 12.1 Å². The van der Waals surface area contributed by atoms with E-state index in [1.54, 1.807) is 0 Å². The molecule has 2 aromatic rings. The highest BCUT2D eigenvalue weighted by molar-refractivity contribution is 7.91. The molecule has 0 aliphatic carbocycles. The first-order chi connectivity index (χ1) is 15.1. The van der Waals surface area contributed by atoms with E-state index in [1.807, 2.05) is 0 Å². The van der Waals surface area contributed by atoms with Crippen molar-refractivity contribution in [3.05, 3.63) is 85.0 Å². The smallest absolute Gasteiger partial charge is 0.258 e. The largest absolute Gasteiger partial charge is 0.423 e. The van der Waals surface area contributed by atoms with Crippen LogP contribution in [0.15, 0.2) is 34.1 Å². The number of sulfone groups is 1. The van der Waals surface area contributed by atoms with Crippen LogP contribution in [0.25, 0.3) is 0 Å². The minimum Gasteiger partial charge on any atom is -0.258 e. The van der Waals surface area contributed by atoms with Crippen molar-refractivity contribution in [2.75, 3.05) is 0 Å². The fourth-order valence-electron chi connectivity index (χ4n) is 2.66. The first kappa shape index (κ1) is 24.1. The molecular formula is C12H4N6O14S. The van der Waals surface area contributed by atoms with Crippen LogP contribution in [0, 0.1) is 60.7 Å². The second-order valence-electron chi connectivity index (χ2n) is 5.61. The number of hydrogen-bond donors (Lipinski definition) is 0. The van der Waals surface area contributed by atoms with E-state index >= 15 is 0 Å². The second kappa shape index (κ2) is 8.14. The Balaban J connectivity index is 3.12. The molecule has 33 heavy (non-hydrogen) atoms. The molecule has 0 spiro atoms. The van der Waals surface area contributed by atoms with Crippen LogP contribution in [0.1, 0.15) is 0 Å². The summed E-state index contributed by atoms with van der Waals surface area (Å²) in [6.45, 7) is 0. The van der Waals surface area contributed by atoms with Crippen LogP contribution in [-0.4, -0.2) is 38.0 Å². The maximum atomic E-state index is 13.0. The van der Waals surface area contributed by atoms with Crippen LogP contribution in [-0.2, 0) is 9.84 Å². The summed E-state index contributed by atoms with van der Waals surface area (Å²) in [4.78, 5) is 54.5. The van der Waals surface area contributed by atoms with E-state index in [0.29, 0.717) is 0 Å². The monoisotopic (exact) mass is 488 g/mol. The van der Waals surface area contributed by atoms with Gasteiger partial charge in [0.2, 0.25) is 9.84 Å². The lowest BCUT2D eigenvalue weighted by molar-refractivity contribution is -0.442. The van der Waals surface area contributed by atoms with Crippen molar-refractivity contribution in [2.24, 2.45) is 0 Å². The highest BCUT2D eigenvalue weighted by Crippen LogP contribution is 2.47. The number of rotatable bonds is 8. The van der Waals surface area contributed by atoms with Crippen molar-refractivity contribution in [3.63, 3.8) is 0 Å². The summed E-state index contributed by atoms with van der Waals surface area (Å²) in [7, 11) is -5.62. The zero-order valence-electron chi connectivity index (χ0n) is 15.1. The van der Waals surface area contributed by atoms with E-state index in [4.69, 9.17) is 0 Å². The predicted octanol–water partition coefficient (Wildman–Crippen LogP) is 1.97. The highest BCUT2D eigenvalue weighted by atomic mass is 32.2. The third kappa shape index (κ3) is 3.92. The van der Waals surface area contributed by atoms with Crippen LogP contribution < -0.4 is 0 Å². The van der Waals surface area contributed by atoms with Crippen molar-refractivity contribution >= 4 is 44.0 Å². The summed E-state index contributed by atoms with van der Waals surface area (Å²) in [6.07, 6.45) is 0. The molecule has 0 aliphatic rings. The molecule has 0 saturated carbocycles. The summed E-state index contributed by atoms with van der Waals surface area (Å²) in [6, 6.07) is 0.721. The average Bonchev–Trinajstić information content (AvgIpc) is 2.70. The normalized spacial score (nSPS) is 10.9. The summed E-state index contributed by atoms with van der Waals surface area (Å²) >= 11 is 0. The number of hydrogen-bond acceptors (Lipinski definition) is 14. The summed E-state index contributed by atoms with van der Waals surface area (Å²) in [5.74, 6) is 0. The van der Waals surface area contributed by atoms with Gasteiger partial charge in [0.05, 0.1) is 29.5 Å². The maximum Gasteiger partial charge on any atom is 0.423 e. The molecule has 2 rings (SSSR count). The Morgan fingerprint density at radius 1 is 0.455 bits per heavy atom. The molecule has 0 aliphatic heterocycles. The van der Waals surface area contributed by atoms with Crippen molar-refractivity contribution < 1.29 is 38.0 Å². The van der Waals surface area contributed by atoms with E-state index in [1.165, 1.54) is 0 Å². The summed E-state index contributed by atoms with van der Waals surface area (Å²) in [5.41, 5.74) is -10.7. The topological polar surface area (TPSA) is 293 Å². The van der Waals surface area contributed by atoms with Gasteiger partial charge in [0.1, 0.15) is 0 Å². The Bertz CT molecular complexity index is 1300. The molecule has 21 heteroatoms. The standard InChI is InChI=1S/C12H4N6O14S/c19-13(20)5-1-3-7(11(17(27)28)9(5)15(23)24)33(31,32)8-4-2-6(14(21)22)10(16(25)26)12(8)18(29)30/h1-4H. The van der Waals surface area contributed by atoms with Gasteiger partial charge in [-0.25, -0.2) is 8.42 Å². The van der Waals surface area contributed by atoms with Gasteiger partial charge in [0, 0.05) is 12.1 Å². The maximum absolute atomic E-state index is 13.0. The molecule has 0 bridgehead atoms. The van der Waals surface area contributed by atoms with Gasteiger partial charge < -0.3 is 0 Å². The predicted molar refractivity (Wildman–Crippen MR) is 98.3 cm³/mol. The van der Waals surface area contributed by atoms with E-state index < -0.39 is 83.3 Å². The third-order valence-electron chi connectivity index (χ3n) is 3.89. The fraction of sp³-hybridized carbons (Fsp3) is 0. The number of nitro benzene ring substituents is 6. The zero-order chi connectivity index (χ0) is 25.4. The van der Waals surface area contributed by atoms with E-state index in [-0.39, 0.29) is 24.3 Å². The molecule has 0 saturated heterocycles. The van der Waals surface area contributed by atoms with Gasteiger partial charge in [0.15, 0.2) is 9.79 Å². The molecule has 172 valence electrons. The van der Waals surface area contributed by atoms with E-state index in [9.17, 15) is 69.1 Å². The number of nitro groups is 6. The fourth-order valence-corrected chi connectivity index (χ4v) is 4.24. The van der Waals surface area contributed by atoms with Crippen LogP contribution >= 0.6 is 0 Å². The molecular weight excluding hydrogens is 484 g/mol. The SMILES string of the molecule is O=[N+]([O-])c1ccc(S(=O)(=O)c2ccc([N+](=O)[O-])c([N+](=O)[O-])c2[N+](=O)[O-])c([N+](=O)[O-])c1[N+](=O)[O-]. The van der Waals surface area contributed by atoms with Gasteiger partial charge in [0.25, 0.3) is 0 Å². The molecule has 0 atom stereocenters. The third-order valence-corrected chi connectivity index (χ3v) is 5.71. The summed E-state index contributed by atoms with van der Waals surface area (Å²) < 4.78 is 26.0. The molecule has 20 nitrogen and oxygen atoms in total. The van der Waals surface area contributed by atoms with Gasteiger partial charge in [-0.3, -0.25) is 60.7 Å². The molecule has 0 fully saturated rings. The quantitative estimate of drug-likeness (QED) is 0.379. The number of nitrogens with zero attached hydrogens (tertiary/aromatic N) is 6. The van der Waals surface area contributed by atoms with Crippen molar-refractivity contribution in [1.29, 1.82) is 0 Å². The minimum atomic E-state index is -5.62. The van der Waals surface area contributed by atoms with Crippen LogP contribution in [0.5, 0.6) is 0 Å². The van der Waals surface area contributed by atoms with Crippen LogP contribution in [0.4, 0.5) is 34.1 Å². The highest BCUT2D eigenvalue weighted by Gasteiger charge is 2.48. The van der Waals surface area contributed by atoms with Gasteiger partial charge >= 0.3 is 34.1 Å². The van der Waals surface area contributed by atoms with Crippen molar-refractivity contribution in [2.45, 2.75) is 9.79 Å². The first-order valence-electron chi connectivity index (χ1n) is 7.60. The minimum absolute atomic E-state index is 0.162. The molecule has 0 N–H and O–H groups in total. The van der Waals surface area contributed by atoms with Crippen LogP contribution in [0.2, 0.25) is 0 Å². The molecule has 0 unspecified atom stereocenters. The number of benzene rings is 2. The molecule has 0 heterocycles. The lowest BCUT2D eigenvalue weighted by atomic mass is 10.2. The summed E-state index contributed by atoms with van der Waals surface area (Å²) in [5, 5.41) is 67.3. The molecule has 0 radical (unpaired) electrons. The van der Waals surface area contributed by atoms with Gasteiger partial charge in [-0.1, -0.05) is 0 Å². The lowest BCUT2D eigenvalue weighted by Crippen LogP contribution is -2.12. The van der Waals surface area contributed by atoms with E-state index in [0.717, 1.165) is 0 Å². The van der Waals surface area contributed by atoms with Crippen molar-refractivity contribution in [3.8, 4) is 0 Å². The Hall–Kier alpha value is -5.21. The molecule has 2 aromatic carbocycles. The Morgan fingerprint density at radius 2 is 0.727 bits per heavy atom. The van der Waals surface area contributed by atoms with E-state index in [2.05, 4.69) is 0 Å². The Kier molecular flexibility index (Phi) is 5.93. The molecule has 0 aromatic heterocycles. The van der Waals surface area contributed by atoms with Crippen LogP contribution in [0.3, 0.4) is 0 Å². The average molecular weight is 488 g/mol. The molecule has 0 amide bonds. The Morgan fingerprint density at radius 3 is 0.939 bits per heavy atom. The van der Waals surface area contributed by atoms with Gasteiger partial charge in [-0.15, -0.1) is 0 Å². The zero-order valence-corrected chi connectivity index (χ0v) is 15.9. The van der Waals surface area contributed by atoms with Crippen molar-refractivity contribution in [1.82, 2.24) is 0 Å². The Labute approximate surface area is 177 Å². The lowest BCUT2D eigenvalue weighted by Gasteiger charge is -2.07.